The van der Waals surface area contributed by atoms with Gasteiger partial charge in [-0.2, -0.15) is 0 Å². The van der Waals surface area contributed by atoms with Crippen molar-refractivity contribution in [1.29, 1.82) is 0 Å². The molecule has 6 heteroatoms. The fourth-order valence-corrected chi connectivity index (χ4v) is 0.619. The predicted octanol–water partition coefficient (Wildman–Crippen LogP) is -1.35. The van der Waals surface area contributed by atoms with Gasteiger partial charge in [-0.25, -0.2) is 13.4 Å². The molecule has 0 aromatic carbocycles. The Labute approximate surface area is 60.0 Å². The van der Waals surface area contributed by atoms with Crippen LogP contribution in [0.4, 0.5) is 0 Å². The molecular weight excluding hydrogens is 154 g/mol. The van der Waals surface area contributed by atoms with E-state index in [9.17, 15) is 8.42 Å². The van der Waals surface area contributed by atoms with Gasteiger partial charge in [-0.1, -0.05) is 0 Å². The van der Waals surface area contributed by atoms with Crippen LogP contribution in [-0.2, 0) is 9.84 Å². The average Bonchev–Trinajstić information content (AvgIpc) is 1.60. The van der Waals surface area contributed by atoms with Gasteiger partial charge in [0.1, 0.15) is 0 Å². The first kappa shape index (κ1) is 9.22. The van der Waals surface area contributed by atoms with E-state index in [1.807, 2.05) is 0 Å². The third-order valence-corrected chi connectivity index (χ3v) is 2.30. The van der Waals surface area contributed by atoms with Gasteiger partial charge < -0.3 is 11.5 Å². The largest absolute Gasteiger partial charge is 0.370 e. The van der Waals surface area contributed by atoms with Crippen molar-refractivity contribution in [3.05, 3.63) is 0 Å². The summed E-state index contributed by atoms with van der Waals surface area (Å²) in [5, 5.41) is -0.850. The van der Waals surface area contributed by atoms with Crippen LogP contribution in [-0.4, -0.2) is 26.0 Å². The van der Waals surface area contributed by atoms with E-state index in [2.05, 4.69) is 4.99 Å². The predicted molar refractivity (Wildman–Crippen MR) is 40.1 cm³/mol. The molecule has 1 atom stereocenters. The highest BCUT2D eigenvalue weighted by Crippen LogP contribution is 1.97. The quantitative estimate of drug-likeness (QED) is 0.390. The van der Waals surface area contributed by atoms with Crippen molar-refractivity contribution < 1.29 is 8.42 Å². The van der Waals surface area contributed by atoms with Crippen molar-refractivity contribution in [2.45, 2.75) is 12.3 Å². The lowest BCUT2D eigenvalue weighted by Gasteiger charge is -2.01. The molecular formula is C4H11N3O2S. The summed E-state index contributed by atoms with van der Waals surface area (Å²) in [6.45, 7) is 1.41. The first-order valence-electron chi connectivity index (χ1n) is 2.61. The zero-order chi connectivity index (χ0) is 8.36. The summed E-state index contributed by atoms with van der Waals surface area (Å²) in [4.78, 5) is 3.43. The van der Waals surface area contributed by atoms with E-state index in [0.29, 0.717) is 0 Å². The van der Waals surface area contributed by atoms with E-state index >= 15 is 0 Å². The van der Waals surface area contributed by atoms with Crippen LogP contribution in [0.2, 0.25) is 0 Å². The standard InChI is InChI=1S/C4H11N3O2S/c1-3(7-4(5)6)10(2,8)9/h3H,1-2H3,(H4,5,6,7). The molecule has 0 heterocycles. The molecule has 0 rings (SSSR count). The van der Waals surface area contributed by atoms with Crippen molar-refractivity contribution in [1.82, 2.24) is 0 Å². The van der Waals surface area contributed by atoms with E-state index in [4.69, 9.17) is 11.5 Å². The fraction of sp³-hybridized carbons (Fsp3) is 0.750. The molecule has 0 amide bonds. The Balaban J connectivity index is 4.42. The molecule has 0 aromatic rings. The zero-order valence-corrected chi connectivity index (χ0v) is 6.72. The van der Waals surface area contributed by atoms with Crippen LogP contribution in [0.15, 0.2) is 4.99 Å². The molecule has 60 valence electrons. The molecule has 0 bridgehead atoms. The molecule has 1 unspecified atom stereocenters. The number of guanidine groups is 1. The van der Waals surface area contributed by atoms with Crippen molar-refractivity contribution >= 4 is 15.8 Å². The molecule has 0 saturated carbocycles. The summed E-state index contributed by atoms with van der Waals surface area (Å²) in [5.41, 5.74) is 9.91. The molecule has 0 aliphatic heterocycles. The van der Waals surface area contributed by atoms with Crippen molar-refractivity contribution in [3.8, 4) is 0 Å². The second-order valence-corrected chi connectivity index (χ2v) is 4.32. The number of nitrogens with two attached hydrogens (primary N) is 2. The van der Waals surface area contributed by atoms with Gasteiger partial charge >= 0.3 is 0 Å². The van der Waals surface area contributed by atoms with Gasteiger partial charge in [-0.05, 0) is 6.92 Å². The third-order valence-electron chi connectivity index (χ3n) is 0.951. The Morgan fingerprint density at radius 3 is 2.00 bits per heavy atom. The highest BCUT2D eigenvalue weighted by molar-refractivity contribution is 7.91. The molecule has 0 saturated heterocycles. The molecule has 0 fully saturated rings. The normalized spacial score (nSPS) is 14.2. The Morgan fingerprint density at radius 1 is 1.50 bits per heavy atom. The van der Waals surface area contributed by atoms with Crippen molar-refractivity contribution in [3.63, 3.8) is 0 Å². The molecule has 0 aliphatic carbocycles. The second-order valence-electron chi connectivity index (χ2n) is 1.98. The van der Waals surface area contributed by atoms with E-state index in [-0.39, 0.29) is 5.96 Å². The Kier molecular flexibility index (Phi) is 2.65. The second kappa shape index (κ2) is 2.87. The van der Waals surface area contributed by atoms with Gasteiger partial charge in [0.05, 0.1) is 0 Å². The summed E-state index contributed by atoms with van der Waals surface area (Å²) < 4.78 is 21.3. The van der Waals surface area contributed by atoms with Crippen LogP contribution in [0, 0.1) is 0 Å². The number of hydrogen-bond donors (Lipinski definition) is 2. The minimum atomic E-state index is -3.15. The summed E-state index contributed by atoms with van der Waals surface area (Å²) in [7, 11) is -3.15. The minimum absolute atomic E-state index is 0.210. The molecule has 0 aromatic heterocycles. The first-order chi connectivity index (χ1) is 4.34. The lowest BCUT2D eigenvalue weighted by Crippen LogP contribution is -2.27. The van der Waals surface area contributed by atoms with E-state index in [1.54, 1.807) is 0 Å². The number of hydrogen-bond acceptors (Lipinski definition) is 3. The number of rotatable bonds is 2. The maximum Gasteiger partial charge on any atom is 0.187 e. The summed E-state index contributed by atoms with van der Waals surface area (Å²) in [6.07, 6.45) is 1.07. The Morgan fingerprint density at radius 2 is 1.90 bits per heavy atom. The van der Waals surface area contributed by atoms with Gasteiger partial charge in [0.25, 0.3) is 0 Å². The lowest BCUT2D eigenvalue weighted by molar-refractivity contribution is 0.591. The topological polar surface area (TPSA) is 98.5 Å². The highest BCUT2D eigenvalue weighted by Gasteiger charge is 2.12. The number of sulfone groups is 1. The average molecular weight is 165 g/mol. The molecule has 0 spiro atoms. The van der Waals surface area contributed by atoms with Crippen molar-refractivity contribution in [2.75, 3.05) is 6.26 Å². The maximum atomic E-state index is 10.6. The molecule has 0 aliphatic rings. The van der Waals surface area contributed by atoms with Crippen LogP contribution in [0.25, 0.3) is 0 Å². The van der Waals surface area contributed by atoms with E-state index < -0.39 is 15.2 Å². The van der Waals surface area contributed by atoms with Crippen molar-refractivity contribution in [2.24, 2.45) is 16.5 Å². The summed E-state index contributed by atoms with van der Waals surface area (Å²) in [6, 6.07) is 0. The Hall–Kier alpha value is -0.780. The van der Waals surface area contributed by atoms with Gasteiger partial charge in [-0.15, -0.1) is 0 Å². The monoisotopic (exact) mass is 165 g/mol. The Bertz CT molecular complexity index is 227. The van der Waals surface area contributed by atoms with Crippen LogP contribution in [0.3, 0.4) is 0 Å². The van der Waals surface area contributed by atoms with Crippen LogP contribution < -0.4 is 11.5 Å². The number of nitrogens with zero attached hydrogens (tertiary/aromatic N) is 1. The van der Waals surface area contributed by atoms with E-state index in [1.165, 1.54) is 6.92 Å². The van der Waals surface area contributed by atoms with Crippen LogP contribution >= 0.6 is 0 Å². The van der Waals surface area contributed by atoms with Gasteiger partial charge in [0, 0.05) is 6.26 Å². The lowest BCUT2D eigenvalue weighted by atomic mass is 10.8. The minimum Gasteiger partial charge on any atom is -0.370 e. The fourth-order valence-electron chi connectivity index (χ4n) is 0.306. The van der Waals surface area contributed by atoms with E-state index in [0.717, 1.165) is 6.26 Å². The first-order valence-corrected chi connectivity index (χ1v) is 4.57. The van der Waals surface area contributed by atoms with Crippen LogP contribution in [0.1, 0.15) is 6.92 Å². The van der Waals surface area contributed by atoms with Crippen LogP contribution in [0.5, 0.6) is 0 Å². The molecule has 4 N–H and O–H groups in total. The van der Waals surface area contributed by atoms with Gasteiger partial charge in [-0.3, -0.25) is 0 Å². The summed E-state index contributed by atoms with van der Waals surface area (Å²) in [5.74, 6) is -0.210. The maximum absolute atomic E-state index is 10.6. The SMILES string of the molecule is CC(N=C(N)N)S(C)(=O)=O. The number of aliphatic imine (C=N–C) groups is 1. The third kappa shape index (κ3) is 3.29. The van der Waals surface area contributed by atoms with Gasteiger partial charge in [0.2, 0.25) is 0 Å². The molecule has 0 radical (unpaired) electrons. The smallest absolute Gasteiger partial charge is 0.187 e. The van der Waals surface area contributed by atoms with Gasteiger partial charge in [0.15, 0.2) is 21.2 Å². The summed E-state index contributed by atoms with van der Waals surface area (Å²) >= 11 is 0. The zero-order valence-electron chi connectivity index (χ0n) is 5.90. The molecule has 5 nitrogen and oxygen atoms in total. The molecule has 10 heavy (non-hydrogen) atoms. The highest BCUT2D eigenvalue weighted by atomic mass is 32.2.